The van der Waals surface area contributed by atoms with E-state index in [1.54, 1.807) is 0 Å². The minimum Gasteiger partial charge on any atom is -0.327 e. The Hall–Kier alpha value is -1.58. The Kier molecular flexibility index (Phi) is 4.40. The molecule has 0 aliphatic carbocycles. The molecule has 0 unspecified atom stereocenters. The number of hydrogen-bond donors (Lipinski definition) is 1. The predicted molar refractivity (Wildman–Crippen MR) is 76.2 cm³/mol. The third-order valence-corrected chi connectivity index (χ3v) is 3.61. The van der Waals surface area contributed by atoms with Gasteiger partial charge in [-0.15, -0.1) is 0 Å². The Morgan fingerprint density at radius 2 is 2.37 bits per heavy atom. The largest absolute Gasteiger partial charge is 0.327 e. The van der Waals surface area contributed by atoms with Crippen molar-refractivity contribution in [1.29, 1.82) is 0 Å². The van der Waals surface area contributed by atoms with Crippen LogP contribution in [0.3, 0.4) is 0 Å². The maximum atomic E-state index is 12.5. The summed E-state index contributed by atoms with van der Waals surface area (Å²) in [6.07, 6.45) is 7.57. The minimum absolute atomic E-state index is 0.0363. The minimum atomic E-state index is 0.0363. The Morgan fingerprint density at radius 1 is 1.58 bits per heavy atom. The van der Waals surface area contributed by atoms with E-state index in [0.717, 1.165) is 25.0 Å². The number of carbonyl (C=O) groups is 1. The summed E-state index contributed by atoms with van der Waals surface area (Å²) < 4.78 is 0. The first-order valence-corrected chi connectivity index (χ1v) is 7.16. The van der Waals surface area contributed by atoms with E-state index in [9.17, 15) is 4.79 Å². The van der Waals surface area contributed by atoms with Gasteiger partial charge in [-0.05, 0) is 18.4 Å². The van der Waals surface area contributed by atoms with Crippen molar-refractivity contribution in [2.45, 2.75) is 52.0 Å². The van der Waals surface area contributed by atoms with E-state index < -0.39 is 0 Å². The average Bonchev–Trinajstić information content (AvgIpc) is 3.04. The zero-order valence-corrected chi connectivity index (χ0v) is 12.0. The highest BCUT2D eigenvalue weighted by Crippen LogP contribution is 2.20. The predicted octanol–water partition coefficient (Wildman–Crippen LogP) is 3.10. The third-order valence-electron chi connectivity index (χ3n) is 3.61. The van der Waals surface area contributed by atoms with E-state index in [0.29, 0.717) is 18.2 Å². The summed E-state index contributed by atoms with van der Waals surface area (Å²) in [5.41, 5.74) is 1.55. The highest BCUT2D eigenvalue weighted by molar-refractivity contribution is 5.93. The van der Waals surface area contributed by atoms with E-state index in [1.165, 1.54) is 0 Å². The average molecular weight is 261 g/mol. The summed E-state index contributed by atoms with van der Waals surface area (Å²) in [5, 5.41) is 7.10. The van der Waals surface area contributed by atoms with E-state index >= 15 is 0 Å². The fourth-order valence-corrected chi connectivity index (χ4v) is 2.36. The van der Waals surface area contributed by atoms with Gasteiger partial charge in [0, 0.05) is 12.2 Å². The van der Waals surface area contributed by atoms with Crippen LogP contribution in [-0.4, -0.2) is 33.6 Å². The van der Waals surface area contributed by atoms with E-state index in [-0.39, 0.29) is 11.9 Å². The SMILES string of the molecule is CCCC[C@@H]1C=CCN1C(=O)c1cc(C(C)C)[nH]n1. The summed E-state index contributed by atoms with van der Waals surface area (Å²) in [5.74, 6) is 0.399. The van der Waals surface area contributed by atoms with Crippen molar-refractivity contribution >= 4 is 5.91 Å². The van der Waals surface area contributed by atoms with Crippen molar-refractivity contribution in [1.82, 2.24) is 15.1 Å². The number of amides is 1. The van der Waals surface area contributed by atoms with Crippen LogP contribution >= 0.6 is 0 Å². The molecule has 2 heterocycles. The summed E-state index contributed by atoms with van der Waals surface area (Å²) in [6.45, 7) is 7.05. The maximum absolute atomic E-state index is 12.5. The zero-order valence-electron chi connectivity index (χ0n) is 12.0. The fourth-order valence-electron chi connectivity index (χ4n) is 2.36. The molecule has 0 radical (unpaired) electrons. The number of carbonyl (C=O) groups excluding carboxylic acids is 1. The van der Waals surface area contributed by atoms with Crippen molar-refractivity contribution in [3.8, 4) is 0 Å². The van der Waals surface area contributed by atoms with Crippen molar-refractivity contribution in [2.75, 3.05) is 6.54 Å². The lowest BCUT2D eigenvalue weighted by Gasteiger charge is -2.23. The van der Waals surface area contributed by atoms with E-state index in [2.05, 4.69) is 43.1 Å². The topological polar surface area (TPSA) is 49.0 Å². The highest BCUT2D eigenvalue weighted by Gasteiger charge is 2.26. The second-order valence-electron chi connectivity index (χ2n) is 5.46. The first kappa shape index (κ1) is 13.8. The number of rotatable bonds is 5. The van der Waals surface area contributed by atoms with Crippen LogP contribution in [0.1, 0.15) is 62.1 Å². The van der Waals surface area contributed by atoms with Crippen LogP contribution in [-0.2, 0) is 0 Å². The lowest BCUT2D eigenvalue weighted by atomic mass is 10.1. The molecule has 104 valence electrons. The number of aromatic nitrogens is 2. The summed E-state index contributed by atoms with van der Waals surface area (Å²) in [6, 6.07) is 2.12. The third kappa shape index (κ3) is 3.06. The van der Waals surface area contributed by atoms with E-state index in [1.807, 2.05) is 11.0 Å². The van der Waals surface area contributed by atoms with Gasteiger partial charge in [0.15, 0.2) is 0 Å². The lowest BCUT2D eigenvalue weighted by Crippen LogP contribution is -2.36. The molecule has 19 heavy (non-hydrogen) atoms. The molecule has 0 fully saturated rings. The molecule has 1 aromatic heterocycles. The van der Waals surface area contributed by atoms with Crippen molar-refractivity contribution in [2.24, 2.45) is 0 Å². The molecule has 0 saturated heterocycles. The smallest absolute Gasteiger partial charge is 0.275 e. The van der Waals surface area contributed by atoms with Crippen molar-refractivity contribution < 1.29 is 4.79 Å². The Bertz CT molecular complexity index is 462. The number of nitrogens with zero attached hydrogens (tertiary/aromatic N) is 2. The molecule has 1 aromatic rings. The number of unbranched alkanes of at least 4 members (excludes halogenated alkanes) is 1. The lowest BCUT2D eigenvalue weighted by molar-refractivity contribution is 0.0737. The molecule has 0 spiro atoms. The van der Waals surface area contributed by atoms with Gasteiger partial charge in [0.05, 0.1) is 6.04 Å². The molecule has 1 aliphatic rings. The number of nitrogens with one attached hydrogen (secondary N) is 1. The normalized spacial score (nSPS) is 18.5. The van der Waals surface area contributed by atoms with Crippen LogP contribution in [0.2, 0.25) is 0 Å². The Morgan fingerprint density at radius 3 is 3.00 bits per heavy atom. The number of aromatic amines is 1. The molecule has 1 N–H and O–H groups in total. The Labute approximate surface area is 114 Å². The Balaban J connectivity index is 2.05. The van der Waals surface area contributed by atoms with Crippen LogP contribution in [0.4, 0.5) is 0 Å². The monoisotopic (exact) mass is 261 g/mol. The molecule has 4 heteroatoms. The van der Waals surface area contributed by atoms with Crippen LogP contribution in [0, 0.1) is 0 Å². The second kappa shape index (κ2) is 6.04. The molecule has 0 bridgehead atoms. The van der Waals surface area contributed by atoms with Gasteiger partial charge in [0.25, 0.3) is 5.91 Å². The molecular formula is C15H23N3O. The first-order chi connectivity index (χ1) is 9.13. The second-order valence-corrected chi connectivity index (χ2v) is 5.46. The standard InChI is InChI=1S/C15H23N3O/c1-4-5-7-12-8-6-9-18(12)15(19)14-10-13(11(2)3)16-17-14/h6,8,10-12H,4-5,7,9H2,1-3H3,(H,16,17)/t12-/m1/s1. The fraction of sp³-hybridized carbons (Fsp3) is 0.600. The molecule has 0 saturated carbocycles. The molecule has 2 rings (SSSR count). The van der Waals surface area contributed by atoms with Gasteiger partial charge < -0.3 is 4.90 Å². The van der Waals surface area contributed by atoms with Crippen LogP contribution < -0.4 is 0 Å². The first-order valence-electron chi connectivity index (χ1n) is 7.16. The van der Waals surface area contributed by atoms with Gasteiger partial charge in [-0.1, -0.05) is 45.8 Å². The van der Waals surface area contributed by atoms with E-state index in [4.69, 9.17) is 0 Å². The highest BCUT2D eigenvalue weighted by atomic mass is 16.2. The van der Waals surface area contributed by atoms with Crippen molar-refractivity contribution in [3.05, 3.63) is 29.6 Å². The summed E-state index contributed by atoms with van der Waals surface area (Å²) in [4.78, 5) is 14.4. The van der Waals surface area contributed by atoms with Gasteiger partial charge in [0.1, 0.15) is 5.69 Å². The number of hydrogen-bond acceptors (Lipinski definition) is 2. The van der Waals surface area contributed by atoms with Crippen LogP contribution in [0.15, 0.2) is 18.2 Å². The molecule has 1 atom stereocenters. The summed E-state index contributed by atoms with van der Waals surface area (Å²) in [7, 11) is 0. The van der Waals surface area contributed by atoms with Gasteiger partial charge >= 0.3 is 0 Å². The maximum Gasteiger partial charge on any atom is 0.275 e. The quantitative estimate of drug-likeness (QED) is 0.828. The zero-order chi connectivity index (χ0) is 13.8. The van der Waals surface area contributed by atoms with Crippen LogP contribution in [0.25, 0.3) is 0 Å². The van der Waals surface area contributed by atoms with Crippen molar-refractivity contribution in [3.63, 3.8) is 0 Å². The molecule has 4 nitrogen and oxygen atoms in total. The van der Waals surface area contributed by atoms with Gasteiger partial charge in [-0.3, -0.25) is 9.89 Å². The molecular weight excluding hydrogens is 238 g/mol. The number of H-pyrrole nitrogens is 1. The molecule has 1 aliphatic heterocycles. The van der Waals surface area contributed by atoms with Gasteiger partial charge in [-0.25, -0.2) is 0 Å². The molecule has 0 aromatic carbocycles. The van der Waals surface area contributed by atoms with Crippen LogP contribution in [0.5, 0.6) is 0 Å². The van der Waals surface area contributed by atoms with Gasteiger partial charge in [-0.2, -0.15) is 5.10 Å². The van der Waals surface area contributed by atoms with Gasteiger partial charge in [0.2, 0.25) is 0 Å². The summed E-state index contributed by atoms with van der Waals surface area (Å²) >= 11 is 0. The molecule has 1 amide bonds.